The van der Waals surface area contributed by atoms with E-state index >= 15 is 0 Å². The van der Waals surface area contributed by atoms with E-state index in [4.69, 9.17) is 0 Å². The minimum absolute atomic E-state index is 1.26. The van der Waals surface area contributed by atoms with Crippen LogP contribution in [0.5, 0.6) is 0 Å². The van der Waals surface area contributed by atoms with Gasteiger partial charge in [-0.1, -0.05) is 18.2 Å². The maximum atomic E-state index is 3.85. The lowest BCUT2D eigenvalue weighted by atomic mass is 10.3. The van der Waals surface area contributed by atoms with Crippen LogP contribution in [0.3, 0.4) is 0 Å². The van der Waals surface area contributed by atoms with E-state index in [1.54, 1.807) is 12.4 Å². The maximum absolute atomic E-state index is 3.85. The molecule has 0 saturated heterocycles. The number of nitrogens with zero attached hydrogens (tertiary/aromatic N) is 1. The molecule has 72 valence electrons. The van der Waals surface area contributed by atoms with Gasteiger partial charge in [0, 0.05) is 16.0 Å². The van der Waals surface area contributed by atoms with Crippen LogP contribution in [-0.4, -0.2) is 4.98 Å². The zero-order chi connectivity index (χ0) is 10.2. The molecule has 2 rings (SSSR count). The van der Waals surface area contributed by atoms with Crippen LogP contribution in [0, 0.1) is 10.5 Å². The quantitative estimate of drug-likeness (QED) is 0.676. The first-order chi connectivity index (χ1) is 6.79. The number of halogens is 1. The Morgan fingerprint density at radius 1 is 0.929 bits per heavy atom. The molecular formula is C12H12IN. The maximum Gasteiger partial charge on any atom is 0.0270 e. The van der Waals surface area contributed by atoms with Crippen molar-refractivity contribution < 1.29 is 0 Å². The molecule has 1 aromatic carbocycles. The standard InChI is InChI=1S/C6H5I.C6H7N/c7-6-4-2-1-3-5-6;1-6-2-4-7-5-3-6/h1-5H;2-5H,1H3. The zero-order valence-corrected chi connectivity index (χ0v) is 10.2. The van der Waals surface area contributed by atoms with Crippen LogP contribution in [0.4, 0.5) is 0 Å². The van der Waals surface area contributed by atoms with E-state index in [2.05, 4.69) is 39.7 Å². The lowest BCUT2D eigenvalue weighted by Gasteiger charge is -1.82. The molecule has 0 amide bonds. The Balaban J connectivity index is 0.000000140. The minimum atomic E-state index is 1.26. The number of benzene rings is 1. The van der Waals surface area contributed by atoms with Crippen LogP contribution in [-0.2, 0) is 0 Å². The van der Waals surface area contributed by atoms with Gasteiger partial charge in [-0.2, -0.15) is 0 Å². The number of pyridine rings is 1. The van der Waals surface area contributed by atoms with E-state index in [0.29, 0.717) is 0 Å². The summed E-state index contributed by atoms with van der Waals surface area (Å²) in [6.45, 7) is 2.04. The summed E-state index contributed by atoms with van der Waals surface area (Å²) < 4.78 is 1.29. The molecule has 0 spiro atoms. The SMILES string of the molecule is Cc1ccncc1.Ic1ccccc1. The molecule has 1 nitrogen and oxygen atoms in total. The highest BCUT2D eigenvalue weighted by atomic mass is 127. The van der Waals surface area contributed by atoms with E-state index in [9.17, 15) is 0 Å². The molecule has 0 N–H and O–H groups in total. The fourth-order valence-electron chi connectivity index (χ4n) is 0.841. The molecule has 0 atom stereocenters. The lowest BCUT2D eigenvalue weighted by Crippen LogP contribution is -1.68. The van der Waals surface area contributed by atoms with Gasteiger partial charge >= 0.3 is 0 Å². The average Bonchev–Trinajstić information content (AvgIpc) is 2.21. The molecule has 2 heteroatoms. The summed E-state index contributed by atoms with van der Waals surface area (Å²) in [6.07, 6.45) is 3.57. The Morgan fingerprint density at radius 2 is 1.50 bits per heavy atom. The van der Waals surface area contributed by atoms with Gasteiger partial charge < -0.3 is 0 Å². The molecule has 0 aliphatic rings. The Bertz CT molecular complexity index is 308. The second kappa shape index (κ2) is 6.54. The molecule has 0 fully saturated rings. The van der Waals surface area contributed by atoms with E-state index in [1.165, 1.54) is 9.13 Å². The Labute approximate surface area is 98.3 Å². The third kappa shape index (κ3) is 4.97. The van der Waals surface area contributed by atoms with Crippen LogP contribution in [0.1, 0.15) is 5.56 Å². The van der Waals surface area contributed by atoms with Gasteiger partial charge in [0.1, 0.15) is 0 Å². The molecule has 0 radical (unpaired) electrons. The van der Waals surface area contributed by atoms with Gasteiger partial charge in [-0.15, -0.1) is 0 Å². The van der Waals surface area contributed by atoms with E-state index in [1.807, 2.05) is 37.3 Å². The number of hydrogen-bond donors (Lipinski definition) is 0. The van der Waals surface area contributed by atoms with Crippen molar-refractivity contribution in [2.75, 3.05) is 0 Å². The van der Waals surface area contributed by atoms with Crippen LogP contribution in [0.15, 0.2) is 54.9 Å². The van der Waals surface area contributed by atoms with Gasteiger partial charge in [0.15, 0.2) is 0 Å². The molecule has 0 saturated carbocycles. The predicted molar refractivity (Wildman–Crippen MR) is 68.1 cm³/mol. The third-order valence-electron chi connectivity index (χ3n) is 1.58. The first-order valence-electron chi connectivity index (χ1n) is 4.36. The molecule has 0 unspecified atom stereocenters. The minimum Gasteiger partial charge on any atom is -0.265 e. The number of hydrogen-bond acceptors (Lipinski definition) is 1. The Morgan fingerprint density at radius 3 is 1.79 bits per heavy atom. The van der Waals surface area contributed by atoms with E-state index in [-0.39, 0.29) is 0 Å². The average molecular weight is 297 g/mol. The number of rotatable bonds is 0. The number of aryl methyl sites for hydroxylation is 1. The molecule has 0 aliphatic heterocycles. The van der Waals surface area contributed by atoms with Crippen molar-refractivity contribution in [3.05, 3.63) is 64.0 Å². The van der Waals surface area contributed by atoms with Crippen molar-refractivity contribution >= 4 is 22.6 Å². The molecule has 1 heterocycles. The van der Waals surface area contributed by atoms with Crippen LogP contribution < -0.4 is 0 Å². The van der Waals surface area contributed by atoms with E-state index < -0.39 is 0 Å². The first-order valence-corrected chi connectivity index (χ1v) is 5.44. The van der Waals surface area contributed by atoms with Crippen LogP contribution in [0.2, 0.25) is 0 Å². The summed E-state index contributed by atoms with van der Waals surface area (Å²) in [5, 5.41) is 0. The summed E-state index contributed by atoms with van der Waals surface area (Å²) >= 11 is 2.28. The van der Waals surface area contributed by atoms with Gasteiger partial charge in [-0.25, -0.2) is 0 Å². The predicted octanol–water partition coefficient (Wildman–Crippen LogP) is 3.68. The monoisotopic (exact) mass is 297 g/mol. The zero-order valence-electron chi connectivity index (χ0n) is 8.02. The van der Waals surface area contributed by atoms with Gasteiger partial charge in [-0.05, 0) is 59.3 Å². The fourth-order valence-corrected chi connectivity index (χ4v) is 1.26. The van der Waals surface area contributed by atoms with Gasteiger partial charge in [-0.3, -0.25) is 4.98 Å². The summed E-state index contributed by atoms with van der Waals surface area (Å²) in [5.41, 5.74) is 1.26. The Kier molecular flexibility index (Phi) is 5.22. The Hall–Kier alpha value is -0.900. The highest BCUT2D eigenvalue weighted by Crippen LogP contribution is 1.99. The van der Waals surface area contributed by atoms with Crippen molar-refractivity contribution in [3.8, 4) is 0 Å². The van der Waals surface area contributed by atoms with Gasteiger partial charge in [0.25, 0.3) is 0 Å². The van der Waals surface area contributed by atoms with Crippen LogP contribution >= 0.6 is 22.6 Å². The van der Waals surface area contributed by atoms with Gasteiger partial charge in [0.05, 0.1) is 0 Å². The van der Waals surface area contributed by atoms with Crippen molar-refractivity contribution in [1.82, 2.24) is 4.98 Å². The molecule has 0 bridgehead atoms. The van der Waals surface area contributed by atoms with Crippen molar-refractivity contribution in [3.63, 3.8) is 0 Å². The topological polar surface area (TPSA) is 12.9 Å². The fraction of sp³-hybridized carbons (Fsp3) is 0.0833. The van der Waals surface area contributed by atoms with Crippen molar-refractivity contribution in [2.24, 2.45) is 0 Å². The highest BCUT2D eigenvalue weighted by Gasteiger charge is 1.74. The highest BCUT2D eigenvalue weighted by molar-refractivity contribution is 14.1. The first kappa shape index (κ1) is 11.2. The smallest absolute Gasteiger partial charge is 0.0270 e. The number of aromatic nitrogens is 1. The molecule has 14 heavy (non-hydrogen) atoms. The molecular weight excluding hydrogens is 285 g/mol. The third-order valence-corrected chi connectivity index (χ3v) is 2.30. The van der Waals surface area contributed by atoms with Crippen molar-refractivity contribution in [2.45, 2.75) is 6.92 Å². The van der Waals surface area contributed by atoms with Gasteiger partial charge in [0.2, 0.25) is 0 Å². The second-order valence-electron chi connectivity index (χ2n) is 2.82. The normalized spacial score (nSPS) is 8.71. The van der Waals surface area contributed by atoms with E-state index in [0.717, 1.165) is 0 Å². The molecule has 2 aromatic rings. The van der Waals surface area contributed by atoms with Crippen LogP contribution in [0.25, 0.3) is 0 Å². The summed E-state index contributed by atoms with van der Waals surface area (Å²) in [5.74, 6) is 0. The molecule has 1 aromatic heterocycles. The summed E-state index contributed by atoms with van der Waals surface area (Å²) in [4.78, 5) is 3.85. The van der Waals surface area contributed by atoms with Crippen molar-refractivity contribution in [1.29, 1.82) is 0 Å². The summed E-state index contributed by atoms with van der Waals surface area (Å²) in [6, 6.07) is 14.2. The molecule has 0 aliphatic carbocycles. The lowest BCUT2D eigenvalue weighted by molar-refractivity contribution is 1.29. The largest absolute Gasteiger partial charge is 0.265 e. The second-order valence-corrected chi connectivity index (χ2v) is 4.07. The summed E-state index contributed by atoms with van der Waals surface area (Å²) in [7, 11) is 0.